The Morgan fingerprint density at radius 1 is 1.38 bits per heavy atom. The molecule has 0 aromatic carbocycles. The van der Waals surface area contributed by atoms with Gasteiger partial charge in [0.05, 0.1) is 34.2 Å². The lowest BCUT2D eigenvalue weighted by Crippen LogP contribution is -2.35. The summed E-state index contributed by atoms with van der Waals surface area (Å²) >= 11 is 0. The van der Waals surface area contributed by atoms with Crippen molar-refractivity contribution in [2.75, 3.05) is 0 Å². The third kappa shape index (κ3) is 3.61. The van der Waals surface area contributed by atoms with E-state index in [1.165, 1.54) is 0 Å². The maximum atomic E-state index is 12.6. The molecule has 6 heteroatoms. The van der Waals surface area contributed by atoms with Crippen LogP contribution in [0.15, 0.2) is 12.4 Å². The van der Waals surface area contributed by atoms with Crippen LogP contribution in [0.3, 0.4) is 0 Å². The van der Waals surface area contributed by atoms with Crippen molar-refractivity contribution in [3.63, 3.8) is 0 Å². The summed E-state index contributed by atoms with van der Waals surface area (Å²) in [6, 6.07) is -0.277. The minimum atomic E-state index is -1.20. The van der Waals surface area contributed by atoms with E-state index in [-0.39, 0.29) is 10.8 Å². The van der Waals surface area contributed by atoms with Crippen LogP contribution >= 0.6 is 0 Å². The molecule has 1 N–H and O–H groups in total. The summed E-state index contributed by atoms with van der Waals surface area (Å²) < 4.78 is 26.9. The quantitative estimate of drug-likeness (QED) is 0.882. The van der Waals surface area contributed by atoms with Crippen LogP contribution < -0.4 is 4.72 Å². The minimum Gasteiger partial charge on any atom is -0.242 e. The monoisotopic (exact) mass is 245 g/mol. The van der Waals surface area contributed by atoms with E-state index in [4.69, 9.17) is 0 Å². The molecule has 0 aliphatic heterocycles. The topological polar surface area (TPSA) is 54.9 Å². The zero-order valence-corrected chi connectivity index (χ0v) is 10.6. The smallest absolute Gasteiger partial charge is 0.159 e. The molecular formula is C10H16FN3OS. The Morgan fingerprint density at radius 3 is 2.31 bits per heavy atom. The van der Waals surface area contributed by atoms with Gasteiger partial charge in [-0.25, -0.2) is 23.3 Å². The zero-order valence-electron chi connectivity index (χ0n) is 9.82. The highest BCUT2D eigenvalue weighted by Gasteiger charge is 2.22. The zero-order chi connectivity index (χ0) is 12.3. The largest absolute Gasteiger partial charge is 0.242 e. The van der Waals surface area contributed by atoms with Crippen molar-refractivity contribution < 1.29 is 8.60 Å². The Hall–Kier alpha value is -0.880. The second kappa shape index (κ2) is 4.97. The summed E-state index contributed by atoms with van der Waals surface area (Å²) in [5.74, 6) is -0.0492. The molecule has 0 amide bonds. The van der Waals surface area contributed by atoms with Crippen molar-refractivity contribution in [2.45, 2.75) is 38.5 Å². The summed E-state index contributed by atoms with van der Waals surface area (Å²) in [7, 11) is -1.20. The molecule has 0 unspecified atom stereocenters. The van der Waals surface area contributed by atoms with Crippen LogP contribution in [0.2, 0.25) is 0 Å². The highest BCUT2D eigenvalue weighted by atomic mass is 32.2. The molecule has 0 aliphatic rings. The fraction of sp³-hybridized carbons (Fsp3) is 0.600. The van der Waals surface area contributed by atoms with Gasteiger partial charge < -0.3 is 0 Å². The van der Waals surface area contributed by atoms with Gasteiger partial charge in [-0.05, 0) is 27.7 Å². The molecular weight excluding hydrogens is 229 g/mol. The van der Waals surface area contributed by atoms with Gasteiger partial charge >= 0.3 is 0 Å². The van der Waals surface area contributed by atoms with Crippen molar-refractivity contribution in [3.05, 3.63) is 24.0 Å². The van der Waals surface area contributed by atoms with Crippen LogP contribution in [0.4, 0.5) is 4.39 Å². The number of rotatable bonds is 3. The van der Waals surface area contributed by atoms with Crippen molar-refractivity contribution >= 4 is 11.0 Å². The SMILES string of the molecule is C[C@H](N[S@](=O)C(C)(C)C)c1ncc(F)cn1. The van der Waals surface area contributed by atoms with Gasteiger partial charge in [-0.1, -0.05) is 0 Å². The normalized spacial score (nSPS) is 15.8. The first-order valence-corrected chi connectivity index (χ1v) is 6.11. The summed E-state index contributed by atoms with van der Waals surface area (Å²) in [5.41, 5.74) is 0. The third-order valence-electron chi connectivity index (χ3n) is 1.87. The van der Waals surface area contributed by atoms with Gasteiger partial charge in [0, 0.05) is 0 Å². The molecule has 0 spiro atoms. The average Bonchev–Trinajstić information content (AvgIpc) is 2.17. The lowest BCUT2D eigenvalue weighted by atomic mass is 10.3. The highest BCUT2D eigenvalue weighted by molar-refractivity contribution is 7.84. The van der Waals surface area contributed by atoms with E-state index in [0.717, 1.165) is 12.4 Å². The summed E-state index contributed by atoms with van der Waals surface area (Å²) in [6.45, 7) is 7.40. The van der Waals surface area contributed by atoms with Gasteiger partial charge in [-0.3, -0.25) is 0 Å². The average molecular weight is 245 g/mol. The summed E-state index contributed by atoms with van der Waals surface area (Å²) in [6.07, 6.45) is 2.20. The molecule has 0 radical (unpaired) electrons. The van der Waals surface area contributed by atoms with Crippen LogP contribution in [-0.4, -0.2) is 18.9 Å². The Bertz CT molecular complexity index is 375. The second-order valence-electron chi connectivity index (χ2n) is 4.48. The number of nitrogens with zero attached hydrogens (tertiary/aromatic N) is 2. The number of halogens is 1. The van der Waals surface area contributed by atoms with E-state index in [0.29, 0.717) is 5.82 Å². The summed E-state index contributed by atoms with van der Waals surface area (Å²) in [5, 5.41) is 0. The van der Waals surface area contributed by atoms with Crippen LogP contribution in [-0.2, 0) is 11.0 Å². The van der Waals surface area contributed by atoms with Crippen LogP contribution in [0.5, 0.6) is 0 Å². The molecule has 1 aromatic rings. The number of aromatic nitrogens is 2. The standard InChI is InChI=1S/C10H16FN3OS/c1-7(14-16(15)10(2,3)4)9-12-5-8(11)6-13-9/h5-7,14H,1-4H3/t7-,16+/m0/s1. The van der Waals surface area contributed by atoms with Crippen molar-refractivity contribution in [1.82, 2.24) is 14.7 Å². The van der Waals surface area contributed by atoms with Gasteiger partial charge in [0.2, 0.25) is 0 Å². The van der Waals surface area contributed by atoms with Crippen molar-refractivity contribution in [2.24, 2.45) is 0 Å². The maximum absolute atomic E-state index is 12.6. The first-order chi connectivity index (χ1) is 7.30. The Balaban J connectivity index is 2.69. The number of nitrogens with one attached hydrogen (secondary N) is 1. The molecule has 0 saturated heterocycles. The molecule has 0 fully saturated rings. The van der Waals surface area contributed by atoms with Gasteiger partial charge in [0.25, 0.3) is 0 Å². The molecule has 1 rings (SSSR count). The number of hydrogen-bond acceptors (Lipinski definition) is 3. The molecule has 0 bridgehead atoms. The predicted octanol–water partition coefficient (Wildman–Crippen LogP) is 1.73. The molecule has 0 aliphatic carbocycles. The molecule has 16 heavy (non-hydrogen) atoms. The van der Waals surface area contributed by atoms with E-state index in [9.17, 15) is 8.60 Å². The van der Waals surface area contributed by atoms with Crippen LogP contribution in [0.1, 0.15) is 39.6 Å². The highest BCUT2D eigenvalue weighted by Crippen LogP contribution is 2.13. The predicted molar refractivity (Wildman–Crippen MR) is 61.4 cm³/mol. The first kappa shape index (κ1) is 13.2. The first-order valence-electron chi connectivity index (χ1n) is 4.96. The molecule has 1 heterocycles. The molecule has 4 nitrogen and oxygen atoms in total. The van der Waals surface area contributed by atoms with E-state index >= 15 is 0 Å². The summed E-state index contributed by atoms with van der Waals surface area (Å²) in [4.78, 5) is 7.66. The fourth-order valence-corrected chi connectivity index (χ4v) is 1.72. The van der Waals surface area contributed by atoms with E-state index in [1.807, 2.05) is 20.8 Å². The minimum absolute atomic E-state index is 0.277. The Morgan fingerprint density at radius 2 is 1.88 bits per heavy atom. The van der Waals surface area contributed by atoms with Gasteiger partial charge in [-0.2, -0.15) is 0 Å². The third-order valence-corrected chi connectivity index (χ3v) is 3.55. The lowest BCUT2D eigenvalue weighted by molar-refractivity contribution is 0.584. The lowest BCUT2D eigenvalue weighted by Gasteiger charge is -2.21. The van der Waals surface area contributed by atoms with Crippen LogP contribution in [0.25, 0.3) is 0 Å². The van der Waals surface area contributed by atoms with E-state index in [2.05, 4.69) is 14.7 Å². The van der Waals surface area contributed by atoms with Gasteiger partial charge in [0.1, 0.15) is 5.82 Å². The maximum Gasteiger partial charge on any atom is 0.159 e. The second-order valence-corrected chi connectivity index (χ2v) is 6.48. The Labute approximate surface area is 97.3 Å². The van der Waals surface area contributed by atoms with E-state index < -0.39 is 16.8 Å². The van der Waals surface area contributed by atoms with Crippen molar-refractivity contribution in [1.29, 1.82) is 0 Å². The van der Waals surface area contributed by atoms with Crippen molar-refractivity contribution in [3.8, 4) is 0 Å². The molecule has 1 aromatic heterocycles. The Kier molecular flexibility index (Phi) is 4.09. The van der Waals surface area contributed by atoms with Gasteiger partial charge in [0.15, 0.2) is 5.82 Å². The molecule has 90 valence electrons. The molecule has 2 atom stereocenters. The number of hydrogen-bond donors (Lipinski definition) is 1. The fourth-order valence-electron chi connectivity index (χ4n) is 0.936. The van der Waals surface area contributed by atoms with Crippen LogP contribution in [0, 0.1) is 5.82 Å². The van der Waals surface area contributed by atoms with E-state index in [1.54, 1.807) is 6.92 Å². The molecule has 0 saturated carbocycles. The van der Waals surface area contributed by atoms with Gasteiger partial charge in [-0.15, -0.1) is 0 Å².